The van der Waals surface area contributed by atoms with Crippen LogP contribution in [0.4, 0.5) is 4.39 Å². The highest BCUT2D eigenvalue weighted by Gasteiger charge is 2.22. The molecule has 1 aromatic heterocycles. The number of carbonyl (C=O) groups is 1. The largest absolute Gasteiger partial charge is 0.339 e. The summed E-state index contributed by atoms with van der Waals surface area (Å²) in [6.45, 7) is 5.59. The van der Waals surface area contributed by atoms with Crippen LogP contribution in [0, 0.1) is 12.7 Å². The third-order valence-electron chi connectivity index (χ3n) is 4.41. The van der Waals surface area contributed by atoms with E-state index in [9.17, 15) is 9.18 Å². The molecule has 0 radical (unpaired) electrons. The maximum absolute atomic E-state index is 13.7. The number of hydrogen-bond donors (Lipinski definition) is 0. The molecule has 2 heterocycles. The first-order chi connectivity index (χ1) is 11.5. The van der Waals surface area contributed by atoms with Gasteiger partial charge in [-0.15, -0.1) is 0 Å². The van der Waals surface area contributed by atoms with Crippen LogP contribution < -0.4 is 0 Å². The van der Waals surface area contributed by atoms with Gasteiger partial charge in [-0.2, -0.15) is 5.10 Å². The van der Waals surface area contributed by atoms with Crippen LogP contribution in [0.2, 0.25) is 0 Å². The fraction of sp³-hybridized carbons (Fsp3) is 0.412. The van der Waals surface area contributed by atoms with Gasteiger partial charge in [0.25, 0.3) is 0 Å². The number of amides is 1. The smallest absolute Gasteiger partial charge is 0.244 e. The molecule has 2 aromatic rings. The Balaban J connectivity index is 1.52. The monoisotopic (exact) mass is 394 g/mol. The van der Waals surface area contributed by atoms with Crippen molar-refractivity contribution in [2.45, 2.75) is 20.0 Å². The first-order valence-corrected chi connectivity index (χ1v) is 8.75. The highest BCUT2D eigenvalue weighted by molar-refractivity contribution is 9.10. The molecule has 1 aliphatic heterocycles. The summed E-state index contributed by atoms with van der Waals surface area (Å²) in [6, 6.07) is 6.85. The molecule has 0 saturated carbocycles. The van der Waals surface area contributed by atoms with E-state index >= 15 is 0 Å². The lowest BCUT2D eigenvalue weighted by Crippen LogP contribution is -2.49. The van der Waals surface area contributed by atoms with E-state index in [4.69, 9.17) is 0 Å². The van der Waals surface area contributed by atoms with E-state index in [-0.39, 0.29) is 18.3 Å². The molecule has 0 spiro atoms. The minimum absolute atomic E-state index is 0.0687. The minimum Gasteiger partial charge on any atom is -0.339 e. The molecule has 0 unspecified atom stereocenters. The van der Waals surface area contributed by atoms with Crippen molar-refractivity contribution in [1.82, 2.24) is 19.6 Å². The van der Waals surface area contributed by atoms with Crippen molar-refractivity contribution >= 4 is 21.8 Å². The van der Waals surface area contributed by atoms with E-state index < -0.39 is 0 Å². The second-order valence-corrected chi connectivity index (χ2v) is 6.84. The van der Waals surface area contributed by atoms with Gasteiger partial charge in [-0.3, -0.25) is 14.4 Å². The summed E-state index contributed by atoms with van der Waals surface area (Å²) in [6.07, 6.45) is 1.70. The van der Waals surface area contributed by atoms with E-state index in [1.54, 1.807) is 16.9 Å². The SMILES string of the molecule is Cc1c(Br)cnn1CC(=O)N1CCN(Cc2ccccc2F)CC1. The summed E-state index contributed by atoms with van der Waals surface area (Å²) < 4.78 is 16.3. The van der Waals surface area contributed by atoms with Gasteiger partial charge in [0.15, 0.2) is 0 Å². The Morgan fingerprint density at radius 3 is 2.58 bits per heavy atom. The zero-order chi connectivity index (χ0) is 17.1. The Kier molecular flexibility index (Phi) is 5.30. The maximum Gasteiger partial charge on any atom is 0.244 e. The molecule has 0 N–H and O–H groups in total. The van der Waals surface area contributed by atoms with Gasteiger partial charge < -0.3 is 4.90 Å². The van der Waals surface area contributed by atoms with Crippen LogP contribution in [0.25, 0.3) is 0 Å². The number of halogens is 2. The molecule has 1 saturated heterocycles. The van der Waals surface area contributed by atoms with Crippen molar-refractivity contribution in [1.29, 1.82) is 0 Å². The highest BCUT2D eigenvalue weighted by Crippen LogP contribution is 2.15. The number of carbonyl (C=O) groups excluding carboxylic acids is 1. The first kappa shape index (κ1) is 17.1. The lowest BCUT2D eigenvalue weighted by atomic mass is 10.2. The summed E-state index contributed by atoms with van der Waals surface area (Å²) in [5.41, 5.74) is 1.65. The zero-order valence-electron chi connectivity index (χ0n) is 13.6. The molecule has 128 valence electrons. The molecule has 0 aliphatic carbocycles. The molecule has 24 heavy (non-hydrogen) atoms. The van der Waals surface area contributed by atoms with Gasteiger partial charge in [-0.25, -0.2) is 4.39 Å². The quantitative estimate of drug-likeness (QED) is 0.799. The Hall–Kier alpha value is -1.73. The molecule has 1 fully saturated rings. The predicted octanol–water partition coefficient (Wildman–Crippen LogP) is 2.44. The Morgan fingerprint density at radius 2 is 1.96 bits per heavy atom. The van der Waals surface area contributed by atoms with Crippen molar-refractivity contribution in [2.75, 3.05) is 26.2 Å². The summed E-state index contributed by atoms with van der Waals surface area (Å²) in [7, 11) is 0. The van der Waals surface area contributed by atoms with Crippen molar-refractivity contribution < 1.29 is 9.18 Å². The molecule has 3 rings (SSSR count). The molecule has 1 aliphatic rings. The van der Waals surface area contributed by atoms with Gasteiger partial charge in [-0.1, -0.05) is 18.2 Å². The molecule has 0 atom stereocenters. The van der Waals surface area contributed by atoms with Gasteiger partial charge in [0.2, 0.25) is 5.91 Å². The summed E-state index contributed by atoms with van der Waals surface area (Å²) >= 11 is 3.40. The lowest BCUT2D eigenvalue weighted by molar-refractivity contribution is -0.133. The molecule has 7 heteroatoms. The Morgan fingerprint density at radius 1 is 1.25 bits per heavy atom. The number of aromatic nitrogens is 2. The molecule has 0 bridgehead atoms. The van der Waals surface area contributed by atoms with E-state index in [1.165, 1.54) is 6.07 Å². The topological polar surface area (TPSA) is 41.4 Å². The van der Waals surface area contributed by atoms with Gasteiger partial charge in [0, 0.05) is 38.3 Å². The molecule has 5 nitrogen and oxygen atoms in total. The number of piperazine rings is 1. The van der Waals surface area contributed by atoms with E-state index in [1.807, 2.05) is 24.0 Å². The van der Waals surface area contributed by atoms with Crippen molar-refractivity contribution in [2.24, 2.45) is 0 Å². The average Bonchev–Trinajstić information content (AvgIpc) is 2.90. The van der Waals surface area contributed by atoms with Crippen LogP contribution in [-0.2, 0) is 17.9 Å². The predicted molar refractivity (Wildman–Crippen MR) is 92.9 cm³/mol. The minimum atomic E-state index is -0.171. The van der Waals surface area contributed by atoms with Crippen LogP contribution >= 0.6 is 15.9 Å². The van der Waals surface area contributed by atoms with Crippen LogP contribution in [0.5, 0.6) is 0 Å². The Labute approximate surface area is 149 Å². The molecular weight excluding hydrogens is 375 g/mol. The third kappa shape index (κ3) is 3.84. The van der Waals surface area contributed by atoms with Crippen molar-refractivity contribution in [3.8, 4) is 0 Å². The number of nitrogens with zero attached hydrogens (tertiary/aromatic N) is 4. The average molecular weight is 395 g/mol. The van der Waals surface area contributed by atoms with Crippen LogP contribution in [-0.4, -0.2) is 51.7 Å². The second-order valence-electron chi connectivity index (χ2n) is 5.98. The Bertz CT molecular complexity index is 725. The molecule has 1 amide bonds. The van der Waals surface area contributed by atoms with Gasteiger partial charge >= 0.3 is 0 Å². The molecular formula is C17H20BrFN4O. The highest BCUT2D eigenvalue weighted by atomic mass is 79.9. The summed E-state index contributed by atoms with van der Waals surface area (Å²) in [5.74, 6) is -0.102. The van der Waals surface area contributed by atoms with E-state index in [0.29, 0.717) is 25.2 Å². The second kappa shape index (κ2) is 7.44. The van der Waals surface area contributed by atoms with Gasteiger partial charge in [-0.05, 0) is 28.9 Å². The maximum atomic E-state index is 13.7. The summed E-state index contributed by atoms with van der Waals surface area (Å²) in [5, 5.41) is 4.20. The zero-order valence-corrected chi connectivity index (χ0v) is 15.2. The van der Waals surface area contributed by atoms with Crippen molar-refractivity contribution in [3.63, 3.8) is 0 Å². The van der Waals surface area contributed by atoms with Gasteiger partial charge in [0.1, 0.15) is 12.4 Å². The molecule has 1 aromatic carbocycles. The van der Waals surface area contributed by atoms with E-state index in [0.717, 1.165) is 23.3 Å². The van der Waals surface area contributed by atoms with Crippen molar-refractivity contribution in [3.05, 3.63) is 52.0 Å². The summed E-state index contributed by atoms with van der Waals surface area (Å²) in [4.78, 5) is 16.5. The van der Waals surface area contributed by atoms with Gasteiger partial charge in [0.05, 0.1) is 16.4 Å². The number of benzene rings is 1. The van der Waals surface area contributed by atoms with Crippen LogP contribution in [0.15, 0.2) is 34.9 Å². The van der Waals surface area contributed by atoms with E-state index in [2.05, 4.69) is 25.9 Å². The van der Waals surface area contributed by atoms with Crippen LogP contribution in [0.3, 0.4) is 0 Å². The fourth-order valence-electron chi connectivity index (χ4n) is 2.83. The number of hydrogen-bond acceptors (Lipinski definition) is 3. The fourth-order valence-corrected chi connectivity index (χ4v) is 3.13. The third-order valence-corrected chi connectivity index (χ3v) is 5.18. The normalized spacial score (nSPS) is 15.7. The number of rotatable bonds is 4. The standard InChI is InChI=1S/C17H20BrFN4O/c1-13-15(18)10-20-23(13)12-17(24)22-8-6-21(7-9-22)11-14-4-2-3-5-16(14)19/h2-5,10H,6-9,11-12H2,1H3. The first-order valence-electron chi connectivity index (χ1n) is 7.96. The van der Waals surface area contributed by atoms with Crippen LogP contribution in [0.1, 0.15) is 11.3 Å². The lowest BCUT2D eigenvalue weighted by Gasteiger charge is -2.34.